The first-order valence-corrected chi connectivity index (χ1v) is 15.0. The highest BCUT2D eigenvalue weighted by Gasteiger charge is 2.44. The zero-order valence-corrected chi connectivity index (χ0v) is 20.1. The highest BCUT2D eigenvalue weighted by atomic mass is 32.7. The fourth-order valence-corrected chi connectivity index (χ4v) is 11.3. The molecule has 1 aromatic rings. The molecule has 1 unspecified atom stereocenters. The Bertz CT molecular complexity index is 811. The van der Waals surface area contributed by atoms with Gasteiger partial charge >= 0.3 is 6.65 Å². The summed E-state index contributed by atoms with van der Waals surface area (Å²) in [5, 5.41) is 0. The summed E-state index contributed by atoms with van der Waals surface area (Å²) in [6, 6.07) is 7.98. The van der Waals surface area contributed by atoms with E-state index in [1.165, 1.54) is 30.9 Å². The van der Waals surface area contributed by atoms with Gasteiger partial charge in [-0.25, -0.2) is 8.42 Å². The van der Waals surface area contributed by atoms with Crippen LogP contribution in [0.1, 0.15) is 58.3 Å². The maximum Gasteiger partial charge on any atom is 0.310 e. The van der Waals surface area contributed by atoms with Crippen molar-refractivity contribution >= 4 is 34.0 Å². The Hall–Kier alpha value is -0.820. The summed E-state index contributed by atoms with van der Waals surface area (Å²) in [5.74, 6) is 0.166. The van der Waals surface area contributed by atoms with E-state index >= 15 is 0 Å². The lowest BCUT2D eigenvalue weighted by atomic mass is 9.89. The molecule has 0 aliphatic heterocycles. The zero-order valence-electron chi connectivity index (χ0n) is 17.6. The molecule has 0 heterocycles. The molecule has 6 nitrogen and oxygen atoms in total. The van der Waals surface area contributed by atoms with Gasteiger partial charge < -0.3 is 0 Å². The lowest BCUT2D eigenvalue weighted by Gasteiger charge is -2.36. The number of rotatable bonds is 10. The summed E-state index contributed by atoms with van der Waals surface area (Å²) >= 11 is 1.10. The van der Waals surface area contributed by atoms with Gasteiger partial charge in [-0.15, -0.1) is 4.08 Å². The number of carbonyl (C=O) groups is 1. The van der Waals surface area contributed by atoms with Gasteiger partial charge in [-0.1, -0.05) is 68.6 Å². The van der Waals surface area contributed by atoms with E-state index in [1.54, 1.807) is 18.2 Å². The summed E-state index contributed by atoms with van der Waals surface area (Å²) in [7, 11) is -1.16. The molecule has 0 N–H and O–H groups in total. The fraction of sp³-hybridized carbons (Fsp3) is 0.650. The van der Waals surface area contributed by atoms with Crippen molar-refractivity contribution in [3.63, 3.8) is 0 Å². The Morgan fingerprint density at radius 3 is 2.31 bits per heavy atom. The van der Waals surface area contributed by atoms with Gasteiger partial charge in [0.05, 0.1) is 4.90 Å². The van der Waals surface area contributed by atoms with Crippen LogP contribution in [0.3, 0.4) is 0 Å². The molecular weight excluding hydrogens is 427 g/mol. The zero-order chi connectivity index (χ0) is 21.5. The molecule has 0 bridgehead atoms. The predicted octanol–water partition coefficient (Wildman–Crippen LogP) is 5.38. The normalized spacial score (nSPS) is 17.8. The van der Waals surface area contributed by atoms with Crippen LogP contribution < -0.4 is 0 Å². The first-order chi connectivity index (χ1) is 13.7. The van der Waals surface area contributed by atoms with Crippen molar-refractivity contribution in [1.82, 2.24) is 8.75 Å². The number of carbonyl (C=O) groups excluding carboxylic acids is 1. The molecule has 164 valence electrons. The molecule has 2 rings (SSSR count). The van der Waals surface area contributed by atoms with Gasteiger partial charge in [0.25, 0.3) is 0 Å². The molecule has 1 aliphatic rings. The second kappa shape index (κ2) is 11.0. The van der Waals surface area contributed by atoms with E-state index in [1.807, 2.05) is 0 Å². The highest BCUT2D eigenvalue weighted by Crippen LogP contribution is 2.65. The Morgan fingerprint density at radius 1 is 1.10 bits per heavy atom. The first-order valence-electron chi connectivity index (χ1n) is 10.3. The van der Waals surface area contributed by atoms with Crippen LogP contribution in [0.5, 0.6) is 0 Å². The smallest absolute Gasteiger partial charge is 0.275 e. The van der Waals surface area contributed by atoms with Crippen LogP contribution in [-0.4, -0.2) is 42.9 Å². The largest absolute Gasteiger partial charge is 0.310 e. The quantitative estimate of drug-likeness (QED) is 0.346. The molecule has 0 aromatic heterocycles. The summed E-state index contributed by atoms with van der Waals surface area (Å²) < 4.78 is 42.6. The number of hydrogen-bond donors (Lipinski definition) is 0. The second-order valence-corrected chi connectivity index (χ2v) is 14.8. The highest BCUT2D eigenvalue weighted by molar-refractivity contribution is 8.57. The van der Waals surface area contributed by atoms with Gasteiger partial charge in [0.2, 0.25) is 15.9 Å². The molecule has 1 aliphatic carbocycles. The maximum atomic E-state index is 14.1. The van der Waals surface area contributed by atoms with Crippen LogP contribution in [0.25, 0.3) is 0 Å². The lowest BCUT2D eigenvalue weighted by Crippen LogP contribution is -2.37. The Kier molecular flexibility index (Phi) is 9.26. The van der Waals surface area contributed by atoms with E-state index in [4.69, 9.17) is 0 Å². The van der Waals surface area contributed by atoms with Crippen LogP contribution in [0, 0.1) is 5.92 Å². The third-order valence-electron chi connectivity index (χ3n) is 5.40. The molecular formula is C20H33N2O4PS2. The van der Waals surface area contributed by atoms with Crippen molar-refractivity contribution < 1.29 is 17.8 Å². The molecule has 0 saturated heterocycles. The number of benzene rings is 1. The van der Waals surface area contributed by atoms with Crippen molar-refractivity contribution in [3.05, 3.63) is 30.3 Å². The standard InChI is InChI=1S/C20H33N2O4PS2/c1-4-5-12-17-28-27(24,21(2)20(23)18-13-8-6-9-14-18)22(3)29(25,26)19-15-10-7-11-16-19/h7,10-11,15-16,18H,4-6,8-9,12-14,17H2,1-3H3. The van der Waals surface area contributed by atoms with Gasteiger partial charge in [-0.2, -0.15) is 0 Å². The molecule has 1 saturated carbocycles. The second-order valence-electron chi connectivity index (χ2n) is 7.48. The number of unbranched alkanes of at least 4 members (excludes halogenated alkanes) is 2. The lowest BCUT2D eigenvalue weighted by molar-refractivity contribution is -0.130. The SMILES string of the molecule is CCCCCSP(=O)(N(C)C(=O)C1CCCCC1)N(C)S(=O)(=O)c1ccccc1. The fourth-order valence-electron chi connectivity index (χ4n) is 3.51. The number of hydrogen-bond acceptors (Lipinski definition) is 5. The van der Waals surface area contributed by atoms with Crippen LogP contribution in [0.4, 0.5) is 0 Å². The number of nitrogens with zero attached hydrogens (tertiary/aromatic N) is 2. The molecule has 9 heteroatoms. The van der Waals surface area contributed by atoms with Gasteiger partial charge in [0.15, 0.2) is 0 Å². The summed E-state index contributed by atoms with van der Waals surface area (Å²) in [5.41, 5.74) is 0. The first kappa shape index (κ1) is 24.4. The van der Waals surface area contributed by atoms with E-state index in [2.05, 4.69) is 6.92 Å². The summed E-state index contributed by atoms with van der Waals surface area (Å²) in [4.78, 5) is 13.2. The molecule has 0 spiro atoms. The third-order valence-corrected chi connectivity index (χ3v) is 14.1. The average Bonchev–Trinajstić information content (AvgIpc) is 2.76. The minimum Gasteiger partial charge on any atom is -0.275 e. The Balaban J connectivity index is 2.33. The molecule has 0 radical (unpaired) electrons. The van der Waals surface area contributed by atoms with Gasteiger partial charge in [0, 0.05) is 25.8 Å². The number of amides is 1. The minimum atomic E-state index is -3.99. The molecule has 29 heavy (non-hydrogen) atoms. The van der Waals surface area contributed by atoms with E-state index in [9.17, 15) is 17.8 Å². The van der Waals surface area contributed by atoms with Gasteiger partial charge in [0.1, 0.15) is 0 Å². The predicted molar refractivity (Wildman–Crippen MR) is 120 cm³/mol. The van der Waals surface area contributed by atoms with E-state index < -0.39 is 16.7 Å². The monoisotopic (exact) mass is 460 g/mol. The van der Waals surface area contributed by atoms with Crippen molar-refractivity contribution in [2.24, 2.45) is 5.92 Å². The van der Waals surface area contributed by atoms with Crippen molar-refractivity contribution in [1.29, 1.82) is 0 Å². The topological polar surface area (TPSA) is 74.8 Å². The minimum absolute atomic E-state index is 0.0791. The van der Waals surface area contributed by atoms with E-state index in [0.717, 1.165) is 66.8 Å². The third kappa shape index (κ3) is 5.87. The molecule has 1 atom stereocenters. The Labute approximate surface area is 179 Å². The average molecular weight is 461 g/mol. The van der Waals surface area contributed by atoms with Gasteiger partial charge in [-0.3, -0.25) is 14.0 Å². The summed E-state index contributed by atoms with van der Waals surface area (Å²) in [6.07, 6.45) is 7.45. The Morgan fingerprint density at radius 2 is 1.72 bits per heavy atom. The van der Waals surface area contributed by atoms with Crippen molar-refractivity contribution in [3.8, 4) is 0 Å². The van der Waals surface area contributed by atoms with Crippen LogP contribution in [-0.2, 0) is 19.4 Å². The van der Waals surface area contributed by atoms with E-state index in [-0.39, 0.29) is 16.7 Å². The van der Waals surface area contributed by atoms with E-state index in [0.29, 0.717) is 5.75 Å². The van der Waals surface area contributed by atoms with Crippen molar-refractivity contribution in [2.75, 3.05) is 19.8 Å². The number of sulfonamides is 1. The summed E-state index contributed by atoms with van der Waals surface area (Å²) in [6.45, 7) is -1.63. The van der Waals surface area contributed by atoms with Crippen molar-refractivity contribution in [2.45, 2.75) is 63.2 Å². The molecule has 1 aromatic carbocycles. The maximum absolute atomic E-state index is 14.1. The van der Waals surface area contributed by atoms with Crippen LogP contribution in [0.15, 0.2) is 35.2 Å². The van der Waals surface area contributed by atoms with Crippen LogP contribution >= 0.6 is 18.0 Å². The molecule has 1 amide bonds. The van der Waals surface area contributed by atoms with Gasteiger partial charge in [-0.05, 0) is 31.4 Å². The molecule has 1 fully saturated rings. The van der Waals surface area contributed by atoms with Crippen LogP contribution in [0.2, 0.25) is 0 Å².